The van der Waals surface area contributed by atoms with Crippen LogP contribution in [0.2, 0.25) is 0 Å². The fourth-order valence-electron chi connectivity index (χ4n) is 2.97. The predicted octanol–water partition coefficient (Wildman–Crippen LogP) is 4.91. The lowest BCUT2D eigenvalue weighted by atomic mass is 9.86. The quantitative estimate of drug-likeness (QED) is 0.617. The summed E-state index contributed by atoms with van der Waals surface area (Å²) in [5.41, 5.74) is 3.90. The highest BCUT2D eigenvalue weighted by molar-refractivity contribution is 6.75. The highest BCUT2D eigenvalue weighted by Crippen LogP contribution is 2.26. The average Bonchev–Trinajstić information content (AvgIpc) is 2.62. The summed E-state index contributed by atoms with van der Waals surface area (Å²) in [5, 5.41) is 1.01. The van der Waals surface area contributed by atoms with Crippen LogP contribution < -0.4 is 5.19 Å². The summed E-state index contributed by atoms with van der Waals surface area (Å²) < 4.78 is 18.0. The lowest BCUT2D eigenvalue weighted by molar-refractivity contribution is 0.0859. The van der Waals surface area contributed by atoms with Crippen LogP contribution in [-0.2, 0) is 18.7 Å². The van der Waals surface area contributed by atoms with Crippen molar-refractivity contribution in [3.05, 3.63) is 54.1 Å². The van der Waals surface area contributed by atoms with E-state index in [1.807, 2.05) is 20.8 Å². The summed E-state index contributed by atoms with van der Waals surface area (Å²) >= 11 is 0. The third kappa shape index (κ3) is 4.83. The van der Waals surface area contributed by atoms with Crippen molar-refractivity contribution in [2.75, 3.05) is 19.8 Å². The van der Waals surface area contributed by atoms with Gasteiger partial charge in [-0.05, 0) is 42.9 Å². The first kappa shape index (κ1) is 20.8. The minimum absolute atomic E-state index is 0.167. The Morgan fingerprint density at radius 1 is 0.654 bits per heavy atom. The minimum atomic E-state index is -2.83. The Morgan fingerprint density at radius 3 is 1.38 bits per heavy atom. The maximum Gasteiger partial charge on any atom is 0.537 e. The number of rotatable bonds is 8. The molecule has 0 aliphatic rings. The van der Waals surface area contributed by atoms with Gasteiger partial charge in [-0.1, -0.05) is 69.3 Å². The molecule has 2 aromatic rings. The SMILES string of the molecule is CCO[Si](OCC)(OCC)c1ccc(-c2ccc(C(C)(C)C)cc2)cc1. The van der Waals surface area contributed by atoms with Crippen LogP contribution in [-0.4, -0.2) is 28.6 Å². The molecule has 26 heavy (non-hydrogen) atoms. The molecular weight excluding hydrogens is 340 g/mol. The lowest BCUT2D eigenvalue weighted by Gasteiger charge is -2.28. The van der Waals surface area contributed by atoms with E-state index in [9.17, 15) is 0 Å². The van der Waals surface area contributed by atoms with Crippen molar-refractivity contribution in [2.45, 2.75) is 47.0 Å². The van der Waals surface area contributed by atoms with Crippen molar-refractivity contribution in [3.63, 3.8) is 0 Å². The summed E-state index contributed by atoms with van der Waals surface area (Å²) in [6.07, 6.45) is 0. The molecule has 4 heteroatoms. The minimum Gasteiger partial charge on any atom is -0.370 e. The van der Waals surface area contributed by atoms with Gasteiger partial charge in [-0.3, -0.25) is 0 Å². The molecule has 0 N–H and O–H groups in total. The van der Waals surface area contributed by atoms with Gasteiger partial charge in [0.1, 0.15) is 0 Å². The Labute approximate surface area is 159 Å². The molecular formula is C22H32O3Si. The van der Waals surface area contributed by atoms with Crippen molar-refractivity contribution < 1.29 is 13.3 Å². The fraction of sp³-hybridized carbons (Fsp3) is 0.455. The smallest absolute Gasteiger partial charge is 0.370 e. The van der Waals surface area contributed by atoms with Gasteiger partial charge < -0.3 is 13.3 Å². The highest BCUT2D eigenvalue weighted by Gasteiger charge is 2.43. The van der Waals surface area contributed by atoms with E-state index in [4.69, 9.17) is 13.3 Å². The molecule has 0 aromatic heterocycles. The molecule has 0 spiro atoms. The van der Waals surface area contributed by atoms with Crippen molar-refractivity contribution >= 4 is 14.0 Å². The normalized spacial score (nSPS) is 12.4. The molecule has 0 radical (unpaired) electrons. The zero-order valence-corrected chi connectivity index (χ0v) is 18.0. The first-order valence-electron chi connectivity index (χ1n) is 9.49. The number of hydrogen-bond donors (Lipinski definition) is 0. The van der Waals surface area contributed by atoms with E-state index in [0.29, 0.717) is 19.8 Å². The highest BCUT2D eigenvalue weighted by atomic mass is 28.4. The van der Waals surface area contributed by atoms with Crippen LogP contribution in [0.5, 0.6) is 0 Å². The molecule has 0 fully saturated rings. The fourth-order valence-corrected chi connectivity index (χ4v) is 5.44. The van der Waals surface area contributed by atoms with Gasteiger partial charge in [0, 0.05) is 25.0 Å². The third-order valence-electron chi connectivity index (χ3n) is 4.33. The Bertz CT molecular complexity index is 655. The van der Waals surface area contributed by atoms with Crippen molar-refractivity contribution in [2.24, 2.45) is 0 Å². The van der Waals surface area contributed by atoms with Gasteiger partial charge in [-0.2, -0.15) is 0 Å². The number of hydrogen-bond acceptors (Lipinski definition) is 3. The second-order valence-electron chi connectivity index (χ2n) is 7.26. The van der Waals surface area contributed by atoms with E-state index in [2.05, 4.69) is 69.3 Å². The van der Waals surface area contributed by atoms with E-state index in [1.54, 1.807) is 0 Å². The van der Waals surface area contributed by atoms with Gasteiger partial charge in [-0.15, -0.1) is 0 Å². The van der Waals surface area contributed by atoms with Crippen LogP contribution >= 0.6 is 0 Å². The van der Waals surface area contributed by atoms with E-state index >= 15 is 0 Å². The van der Waals surface area contributed by atoms with Crippen molar-refractivity contribution in [3.8, 4) is 11.1 Å². The maximum atomic E-state index is 5.99. The van der Waals surface area contributed by atoms with Crippen LogP contribution in [0.4, 0.5) is 0 Å². The van der Waals surface area contributed by atoms with Gasteiger partial charge in [0.2, 0.25) is 0 Å². The van der Waals surface area contributed by atoms with E-state index in [-0.39, 0.29) is 5.41 Å². The zero-order valence-electron chi connectivity index (χ0n) is 17.0. The molecule has 0 unspecified atom stereocenters. The van der Waals surface area contributed by atoms with Crippen LogP contribution in [0.25, 0.3) is 11.1 Å². The Hall–Kier alpha value is -1.46. The number of benzene rings is 2. The molecule has 3 nitrogen and oxygen atoms in total. The first-order chi connectivity index (χ1) is 12.4. The maximum absolute atomic E-state index is 5.99. The summed E-state index contributed by atoms with van der Waals surface area (Å²) in [7, 11) is -2.83. The van der Waals surface area contributed by atoms with E-state index < -0.39 is 8.80 Å². The molecule has 142 valence electrons. The second-order valence-corrected chi connectivity index (χ2v) is 9.82. The third-order valence-corrected chi connectivity index (χ3v) is 7.37. The lowest BCUT2D eigenvalue weighted by Crippen LogP contribution is -2.56. The molecule has 0 atom stereocenters. The van der Waals surface area contributed by atoms with Crippen LogP contribution in [0.15, 0.2) is 48.5 Å². The van der Waals surface area contributed by atoms with E-state index in [0.717, 1.165) is 5.19 Å². The zero-order chi connectivity index (χ0) is 19.2. The first-order valence-corrected chi connectivity index (χ1v) is 11.2. The molecule has 2 aromatic carbocycles. The Balaban J connectivity index is 2.30. The van der Waals surface area contributed by atoms with Gasteiger partial charge in [0.15, 0.2) is 0 Å². The molecule has 0 aliphatic carbocycles. The molecule has 0 heterocycles. The van der Waals surface area contributed by atoms with Gasteiger partial charge in [0.05, 0.1) is 0 Å². The summed E-state index contributed by atoms with van der Waals surface area (Å²) in [6, 6.07) is 17.2. The molecule has 0 aliphatic heterocycles. The second kappa shape index (κ2) is 8.96. The average molecular weight is 373 g/mol. The summed E-state index contributed by atoms with van der Waals surface area (Å²) in [5.74, 6) is 0. The Kier molecular flexibility index (Phi) is 7.18. The van der Waals surface area contributed by atoms with Crippen LogP contribution in [0.1, 0.15) is 47.1 Å². The molecule has 0 amide bonds. The van der Waals surface area contributed by atoms with Crippen molar-refractivity contribution in [1.82, 2.24) is 0 Å². The predicted molar refractivity (Wildman–Crippen MR) is 111 cm³/mol. The molecule has 0 saturated carbocycles. The van der Waals surface area contributed by atoms with Crippen molar-refractivity contribution in [1.29, 1.82) is 0 Å². The largest absolute Gasteiger partial charge is 0.537 e. The molecule has 2 rings (SSSR count). The topological polar surface area (TPSA) is 27.7 Å². The van der Waals surface area contributed by atoms with Crippen LogP contribution in [0, 0.1) is 0 Å². The monoisotopic (exact) mass is 372 g/mol. The van der Waals surface area contributed by atoms with Gasteiger partial charge >= 0.3 is 8.80 Å². The van der Waals surface area contributed by atoms with E-state index in [1.165, 1.54) is 16.7 Å². The Morgan fingerprint density at radius 2 is 1.04 bits per heavy atom. The standard InChI is InChI=1S/C22H32O3Si/c1-7-23-26(24-8-2,25-9-3)21-16-12-19(13-17-21)18-10-14-20(15-11-18)22(4,5)6/h10-17H,7-9H2,1-6H3. The summed E-state index contributed by atoms with van der Waals surface area (Å²) in [6.45, 7) is 14.3. The molecule has 0 bridgehead atoms. The van der Waals surface area contributed by atoms with Gasteiger partial charge in [-0.25, -0.2) is 0 Å². The van der Waals surface area contributed by atoms with Gasteiger partial charge in [0.25, 0.3) is 0 Å². The van der Waals surface area contributed by atoms with Crippen LogP contribution in [0.3, 0.4) is 0 Å². The summed E-state index contributed by atoms with van der Waals surface area (Å²) in [4.78, 5) is 0. The molecule has 0 saturated heterocycles.